The highest BCUT2D eigenvalue weighted by atomic mass is 32.2. The maximum Gasteiger partial charge on any atom is 0.217 e. The molecule has 1 aromatic carbocycles. The van der Waals surface area contributed by atoms with Crippen LogP contribution in [0.2, 0.25) is 0 Å². The van der Waals surface area contributed by atoms with Gasteiger partial charge in [0.1, 0.15) is 0 Å². The lowest BCUT2D eigenvalue weighted by molar-refractivity contribution is 0.102. The monoisotopic (exact) mass is 331 g/mol. The molecule has 0 aliphatic heterocycles. The molecule has 0 atom stereocenters. The van der Waals surface area contributed by atoms with Crippen molar-refractivity contribution in [3.05, 3.63) is 46.7 Å². The van der Waals surface area contributed by atoms with Gasteiger partial charge in [-0.25, -0.2) is 0 Å². The first-order valence-corrected chi connectivity index (χ1v) is 8.93. The van der Waals surface area contributed by atoms with Crippen LogP contribution in [0.25, 0.3) is 15.2 Å². The van der Waals surface area contributed by atoms with Crippen LogP contribution in [-0.4, -0.2) is 26.1 Å². The fourth-order valence-corrected chi connectivity index (χ4v) is 4.69. The van der Waals surface area contributed by atoms with Gasteiger partial charge in [-0.05, 0) is 23.6 Å². The van der Waals surface area contributed by atoms with E-state index in [0.717, 1.165) is 20.5 Å². The highest BCUT2D eigenvalue weighted by Crippen LogP contribution is 2.29. The zero-order chi connectivity index (χ0) is 14.2. The first-order valence-electron chi connectivity index (χ1n) is 6.25. The summed E-state index contributed by atoms with van der Waals surface area (Å²) in [5.74, 6) is 0.511. The first-order chi connectivity index (χ1) is 10.3. The average Bonchev–Trinajstić information content (AvgIpc) is 3.21. The van der Waals surface area contributed by atoms with Crippen LogP contribution < -0.4 is 0 Å². The molecule has 0 bridgehead atoms. The Bertz CT molecular complexity index is 924. The molecular formula is C14H9N3OS3. The molecular weight excluding hydrogens is 322 g/mol. The van der Waals surface area contributed by atoms with Crippen LogP contribution in [0.3, 0.4) is 0 Å². The van der Waals surface area contributed by atoms with Crippen molar-refractivity contribution in [2.75, 3.05) is 5.75 Å². The molecule has 4 rings (SSSR count). The molecule has 3 heterocycles. The number of carbonyl (C=O) groups excluding carboxylic acids is 1. The summed E-state index contributed by atoms with van der Waals surface area (Å²) < 4.78 is 3.20. The van der Waals surface area contributed by atoms with Crippen LogP contribution in [-0.2, 0) is 0 Å². The number of carbonyl (C=O) groups is 1. The van der Waals surface area contributed by atoms with Crippen molar-refractivity contribution in [1.82, 2.24) is 14.6 Å². The SMILES string of the molecule is O=C(CSc1nnc2sc3ccccc3n12)c1cccs1. The van der Waals surface area contributed by atoms with E-state index in [-0.39, 0.29) is 5.78 Å². The number of hydrogen-bond acceptors (Lipinski definition) is 6. The van der Waals surface area contributed by atoms with Crippen molar-refractivity contribution in [3.8, 4) is 0 Å². The molecule has 7 heteroatoms. The molecule has 0 unspecified atom stereocenters. The molecule has 0 amide bonds. The number of nitrogens with zero attached hydrogens (tertiary/aromatic N) is 3. The summed E-state index contributed by atoms with van der Waals surface area (Å²) in [6.07, 6.45) is 0. The van der Waals surface area contributed by atoms with Crippen molar-refractivity contribution < 1.29 is 4.79 Å². The van der Waals surface area contributed by atoms with Crippen LogP contribution >= 0.6 is 34.4 Å². The summed E-state index contributed by atoms with van der Waals surface area (Å²) in [6, 6.07) is 11.9. The minimum Gasteiger partial charge on any atom is -0.292 e. The van der Waals surface area contributed by atoms with Gasteiger partial charge in [0.2, 0.25) is 4.96 Å². The maximum atomic E-state index is 12.1. The number of thiophene rings is 1. The Labute approximate surface area is 132 Å². The lowest BCUT2D eigenvalue weighted by Gasteiger charge is -1.98. The second-order valence-electron chi connectivity index (χ2n) is 4.36. The van der Waals surface area contributed by atoms with Gasteiger partial charge in [0.15, 0.2) is 10.9 Å². The minimum absolute atomic E-state index is 0.131. The van der Waals surface area contributed by atoms with Gasteiger partial charge in [-0.1, -0.05) is 41.3 Å². The van der Waals surface area contributed by atoms with Crippen LogP contribution in [0.5, 0.6) is 0 Å². The van der Waals surface area contributed by atoms with E-state index in [2.05, 4.69) is 16.3 Å². The third-order valence-corrected chi connectivity index (χ3v) is 5.89. The van der Waals surface area contributed by atoms with E-state index in [1.54, 1.807) is 11.3 Å². The zero-order valence-corrected chi connectivity index (χ0v) is 13.2. The van der Waals surface area contributed by atoms with Gasteiger partial charge in [0.25, 0.3) is 0 Å². The second kappa shape index (κ2) is 5.25. The fourth-order valence-electron chi connectivity index (χ4n) is 2.09. The Kier molecular flexibility index (Phi) is 3.25. The number of para-hydroxylation sites is 1. The molecule has 4 nitrogen and oxygen atoms in total. The van der Waals surface area contributed by atoms with E-state index >= 15 is 0 Å². The Morgan fingerprint density at radius 2 is 2.10 bits per heavy atom. The average molecular weight is 331 g/mol. The van der Waals surface area contributed by atoms with Crippen LogP contribution in [0.1, 0.15) is 9.67 Å². The Morgan fingerprint density at radius 1 is 1.19 bits per heavy atom. The van der Waals surface area contributed by atoms with Crippen LogP contribution in [0.4, 0.5) is 0 Å². The fraction of sp³-hybridized carbons (Fsp3) is 0.0714. The lowest BCUT2D eigenvalue weighted by atomic mass is 10.3. The van der Waals surface area contributed by atoms with Gasteiger partial charge >= 0.3 is 0 Å². The molecule has 0 saturated carbocycles. The topological polar surface area (TPSA) is 47.3 Å². The number of aromatic nitrogens is 3. The van der Waals surface area contributed by atoms with E-state index in [9.17, 15) is 4.79 Å². The van der Waals surface area contributed by atoms with E-state index in [1.165, 1.54) is 27.8 Å². The smallest absolute Gasteiger partial charge is 0.217 e. The molecule has 104 valence electrons. The van der Waals surface area contributed by atoms with Gasteiger partial charge in [0.05, 0.1) is 20.8 Å². The summed E-state index contributed by atoms with van der Waals surface area (Å²) in [5.41, 5.74) is 1.09. The number of benzene rings is 1. The maximum absolute atomic E-state index is 12.1. The van der Waals surface area contributed by atoms with Crippen molar-refractivity contribution in [2.24, 2.45) is 0 Å². The molecule has 0 aliphatic rings. The highest BCUT2D eigenvalue weighted by Gasteiger charge is 2.14. The van der Waals surface area contributed by atoms with E-state index in [1.807, 2.05) is 40.1 Å². The minimum atomic E-state index is 0.131. The van der Waals surface area contributed by atoms with Gasteiger partial charge < -0.3 is 0 Å². The summed E-state index contributed by atoms with van der Waals surface area (Å²) in [7, 11) is 0. The predicted molar refractivity (Wildman–Crippen MR) is 87.7 cm³/mol. The number of fused-ring (bicyclic) bond motifs is 3. The summed E-state index contributed by atoms with van der Waals surface area (Å²) in [6.45, 7) is 0. The summed E-state index contributed by atoms with van der Waals surface area (Å²) in [4.78, 5) is 13.7. The van der Waals surface area contributed by atoms with E-state index in [4.69, 9.17) is 0 Å². The quantitative estimate of drug-likeness (QED) is 0.419. The number of ketones is 1. The third kappa shape index (κ3) is 2.27. The van der Waals surface area contributed by atoms with Gasteiger partial charge in [-0.2, -0.15) is 0 Å². The van der Waals surface area contributed by atoms with Crippen LogP contribution in [0, 0.1) is 0 Å². The molecule has 0 fully saturated rings. The Hall–Kier alpha value is -1.70. The largest absolute Gasteiger partial charge is 0.292 e. The van der Waals surface area contributed by atoms with Crippen LogP contribution in [0.15, 0.2) is 46.9 Å². The Balaban J connectivity index is 1.66. The van der Waals surface area contributed by atoms with Gasteiger partial charge in [0, 0.05) is 0 Å². The predicted octanol–water partition coefficient (Wildman–Crippen LogP) is 3.98. The third-order valence-electron chi connectivity index (χ3n) is 3.04. The lowest BCUT2D eigenvalue weighted by Crippen LogP contribution is -2.00. The van der Waals surface area contributed by atoms with Crippen molar-refractivity contribution in [1.29, 1.82) is 0 Å². The number of Topliss-reactive ketones (excluding diaryl/α,β-unsaturated/α-hetero) is 1. The number of hydrogen-bond donors (Lipinski definition) is 0. The van der Waals surface area contributed by atoms with Gasteiger partial charge in [-0.15, -0.1) is 21.5 Å². The molecule has 21 heavy (non-hydrogen) atoms. The molecule has 4 aromatic rings. The molecule has 0 N–H and O–H groups in total. The Morgan fingerprint density at radius 3 is 2.95 bits per heavy atom. The number of thiazole rings is 1. The number of thioether (sulfide) groups is 1. The highest BCUT2D eigenvalue weighted by molar-refractivity contribution is 7.99. The van der Waals surface area contributed by atoms with Gasteiger partial charge in [-0.3, -0.25) is 9.20 Å². The first kappa shape index (κ1) is 13.0. The van der Waals surface area contributed by atoms with Crippen molar-refractivity contribution >= 4 is 55.4 Å². The number of rotatable bonds is 4. The normalized spacial score (nSPS) is 11.4. The molecule has 3 aromatic heterocycles. The molecule has 0 radical (unpaired) electrons. The van der Waals surface area contributed by atoms with Crippen molar-refractivity contribution in [3.63, 3.8) is 0 Å². The molecule has 0 saturated heterocycles. The molecule has 0 aliphatic carbocycles. The summed E-state index contributed by atoms with van der Waals surface area (Å²) >= 11 is 4.52. The second-order valence-corrected chi connectivity index (χ2v) is 7.26. The molecule has 0 spiro atoms. The van der Waals surface area contributed by atoms with Crippen molar-refractivity contribution in [2.45, 2.75) is 5.16 Å². The zero-order valence-electron chi connectivity index (χ0n) is 10.7. The standard InChI is InChI=1S/C14H9N3OS3/c18-10(12-6-3-7-19-12)8-20-13-15-16-14-17(13)9-4-1-2-5-11(9)21-14/h1-7H,8H2. The van der Waals surface area contributed by atoms with E-state index < -0.39 is 0 Å². The summed E-state index contributed by atoms with van der Waals surface area (Å²) in [5, 5.41) is 11.1. The van der Waals surface area contributed by atoms with E-state index in [0.29, 0.717) is 5.75 Å².